The van der Waals surface area contributed by atoms with Crippen molar-refractivity contribution >= 4 is 69.5 Å². The van der Waals surface area contributed by atoms with Gasteiger partial charge in [0.15, 0.2) is 0 Å². The molecule has 38 heavy (non-hydrogen) atoms. The molecule has 0 atom stereocenters. The third-order valence-corrected chi connectivity index (χ3v) is 7.91. The molecule has 10 heteroatoms. The van der Waals surface area contributed by atoms with Crippen LogP contribution in [0.3, 0.4) is 0 Å². The van der Waals surface area contributed by atoms with Crippen LogP contribution in [-0.4, -0.2) is 29.1 Å². The number of carbonyl (C=O) groups excluding carboxylic acids is 2. The number of halogens is 4. The SMILES string of the molecule is CCN(CC)c1ccc(C=C2SC(=O)N(Cc3c(F)cccc3Cl)C2=O)c(OCc2ccc(Cl)cc2Cl)c1. The summed E-state index contributed by atoms with van der Waals surface area (Å²) in [5.74, 6) is -0.590. The minimum absolute atomic E-state index is 0.0881. The summed E-state index contributed by atoms with van der Waals surface area (Å²) in [7, 11) is 0. The largest absolute Gasteiger partial charge is 0.488 e. The molecular formula is C28H24Cl3FN2O3S. The first-order valence-corrected chi connectivity index (χ1v) is 13.8. The number of imide groups is 1. The van der Waals surface area contributed by atoms with Crippen molar-refractivity contribution in [3.05, 3.63) is 97.1 Å². The zero-order chi connectivity index (χ0) is 27.4. The Bertz CT molecular complexity index is 1390. The van der Waals surface area contributed by atoms with Crippen LogP contribution in [0.25, 0.3) is 6.08 Å². The van der Waals surface area contributed by atoms with Crippen LogP contribution in [0.2, 0.25) is 15.1 Å². The van der Waals surface area contributed by atoms with E-state index in [9.17, 15) is 14.0 Å². The van der Waals surface area contributed by atoms with Crippen LogP contribution in [0.1, 0.15) is 30.5 Å². The van der Waals surface area contributed by atoms with Crippen molar-refractivity contribution in [3.63, 3.8) is 0 Å². The first-order valence-electron chi connectivity index (χ1n) is 11.9. The van der Waals surface area contributed by atoms with Gasteiger partial charge in [0.05, 0.1) is 11.4 Å². The normalized spacial score (nSPS) is 14.5. The maximum Gasteiger partial charge on any atom is 0.293 e. The molecule has 5 nitrogen and oxygen atoms in total. The fourth-order valence-corrected chi connectivity index (χ4v) is 5.48. The van der Waals surface area contributed by atoms with Gasteiger partial charge in [-0.1, -0.05) is 46.9 Å². The zero-order valence-corrected chi connectivity index (χ0v) is 23.7. The summed E-state index contributed by atoms with van der Waals surface area (Å²) in [4.78, 5) is 29.2. The van der Waals surface area contributed by atoms with Crippen molar-refractivity contribution in [1.82, 2.24) is 4.90 Å². The van der Waals surface area contributed by atoms with E-state index in [0.29, 0.717) is 21.4 Å². The van der Waals surface area contributed by atoms with E-state index in [-0.39, 0.29) is 28.6 Å². The molecule has 0 aromatic heterocycles. The lowest BCUT2D eigenvalue weighted by Gasteiger charge is -2.22. The maximum absolute atomic E-state index is 14.3. The molecule has 0 radical (unpaired) electrons. The molecule has 2 amide bonds. The van der Waals surface area contributed by atoms with E-state index in [1.807, 2.05) is 18.2 Å². The van der Waals surface area contributed by atoms with Crippen molar-refractivity contribution in [1.29, 1.82) is 0 Å². The van der Waals surface area contributed by atoms with Gasteiger partial charge in [-0.05, 0) is 68.1 Å². The van der Waals surface area contributed by atoms with Crippen LogP contribution in [0.5, 0.6) is 5.75 Å². The number of benzene rings is 3. The molecule has 1 aliphatic rings. The van der Waals surface area contributed by atoms with Gasteiger partial charge in [0.25, 0.3) is 11.1 Å². The summed E-state index contributed by atoms with van der Waals surface area (Å²) in [5, 5.41) is 0.648. The predicted octanol–water partition coefficient (Wildman–Crippen LogP) is 8.45. The Kier molecular flexibility index (Phi) is 9.26. The van der Waals surface area contributed by atoms with Gasteiger partial charge in [-0.25, -0.2) is 4.39 Å². The quantitative estimate of drug-likeness (QED) is 0.233. The first-order chi connectivity index (χ1) is 18.2. The van der Waals surface area contributed by atoms with Gasteiger partial charge in [-0.15, -0.1) is 0 Å². The number of carbonyl (C=O) groups is 2. The topological polar surface area (TPSA) is 49.9 Å². The van der Waals surface area contributed by atoms with Crippen molar-refractivity contribution < 1.29 is 18.7 Å². The van der Waals surface area contributed by atoms with Gasteiger partial charge in [0.2, 0.25) is 0 Å². The van der Waals surface area contributed by atoms with Crippen LogP contribution < -0.4 is 9.64 Å². The second-order valence-electron chi connectivity index (χ2n) is 8.39. The monoisotopic (exact) mass is 592 g/mol. The minimum atomic E-state index is -0.580. The van der Waals surface area contributed by atoms with E-state index in [2.05, 4.69) is 18.7 Å². The van der Waals surface area contributed by atoms with Gasteiger partial charge in [0.1, 0.15) is 18.2 Å². The molecule has 0 bridgehead atoms. The van der Waals surface area contributed by atoms with Crippen LogP contribution in [0.4, 0.5) is 14.9 Å². The van der Waals surface area contributed by atoms with E-state index in [1.165, 1.54) is 18.2 Å². The fourth-order valence-electron chi connectivity index (χ4n) is 3.97. The summed E-state index contributed by atoms with van der Waals surface area (Å²) in [6.45, 7) is 5.64. The molecule has 3 aromatic rings. The van der Waals surface area contributed by atoms with Gasteiger partial charge in [0, 0.05) is 56.6 Å². The highest BCUT2D eigenvalue weighted by Crippen LogP contribution is 2.37. The molecule has 1 aliphatic heterocycles. The molecule has 1 fully saturated rings. The van der Waals surface area contributed by atoms with Crippen molar-refractivity contribution in [2.75, 3.05) is 18.0 Å². The van der Waals surface area contributed by atoms with Crippen molar-refractivity contribution in [2.45, 2.75) is 27.0 Å². The second-order valence-corrected chi connectivity index (χ2v) is 10.6. The summed E-state index contributed by atoms with van der Waals surface area (Å²) in [6, 6.07) is 15.1. The molecule has 0 spiro atoms. The summed E-state index contributed by atoms with van der Waals surface area (Å²) < 4.78 is 20.5. The standard InChI is InChI=1S/C28H24Cl3FN2O3S/c1-3-33(4-2)20-11-9-17(25(14-20)37-16-18-8-10-19(29)13-23(18)31)12-26-27(35)34(28(36)38-26)15-21-22(30)6-5-7-24(21)32/h5-14H,3-4,15-16H2,1-2H3. The maximum atomic E-state index is 14.3. The average Bonchev–Trinajstić information content (AvgIpc) is 3.14. The molecule has 0 aliphatic carbocycles. The molecule has 1 heterocycles. The van der Waals surface area contributed by atoms with Crippen LogP contribution in [0, 0.1) is 5.82 Å². The number of anilines is 1. The third kappa shape index (κ3) is 6.29. The van der Waals surface area contributed by atoms with E-state index in [1.54, 1.807) is 24.3 Å². The number of hydrogen-bond acceptors (Lipinski definition) is 5. The lowest BCUT2D eigenvalue weighted by molar-refractivity contribution is -0.123. The Morgan fingerprint density at radius 3 is 2.45 bits per heavy atom. The number of amides is 2. The summed E-state index contributed by atoms with van der Waals surface area (Å²) in [6.07, 6.45) is 1.61. The minimum Gasteiger partial charge on any atom is -0.488 e. The number of thioether (sulfide) groups is 1. The Morgan fingerprint density at radius 2 is 1.76 bits per heavy atom. The molecule has 0 N–H and O–H groups in total. The summed E-state index contributed by atoms with van der Waals surface area (Å²) >= 11 is 19.2. The Labute approximate surface area is 240 Å². The van der Waals surface area contributed by atoms with Crippen molar-refractivity contribution in [2.24, 2.45) is 0 Å². The molecule has 3 aromatic carbocycles. The smallest absolute Gasteiger partial charge is 0.293 e. The van der Waals surface area contributed by atoms with E-state index >= 15 is 0 Å². The lowest BCUT2D eigenvalue weighted by Crippen LogP contribution is -2.28. The Hall–Kier alpha value is -2.71. The number of ether oxygens (including phenoxy) is 1. The van der Waals surface area contributed by atoms with E-state index < -0.39 is 17.0 Å². The Balaban J connectivity index is 1.64. The second kappa shape index (κ2) is 12.4. The van der Waals surface area contributed by atoms with E-state index in [0.717, 1.165) is 41.0 Å². The molecule has 4 rings (SSSR count). The van der Waals surface area contributed by atoms with Crippen LogP contribution in [0.15, 0.2) is 59.5 Å². The molecular weight excluding hydrogens is 570 g/mol. The van der Waals surface area contributed by atoms with Gasteiger partial charge >= 0.3 is 0 Å². The molecule has 0 saturated carbocycles. The number of nitrogens with zero attached hydrogens (tertiary/aromatic N) is 2. The molecule has 198 valence electrons. The van der Waals surface area contributed by atoms with Gasteiger partial charge in [-0.2, -0.15) is 0 Å². The molecule has 0 unspecified atom stereocenters. The lowest BCUT2D eigenvalue weighted by atomic mass is 10.1. The highest BCUT2D eigenvalue weighted by atomic mass is 35.5. The summed E-state index contributed by atoms with van der Waals surface area (Å²) in [5.41, 5.74) is 2.40. The zero-order valence-electron chi connectivity index (χ0n) is 20.6. The first kappa shape index (κ1) is 28.3. The van der Waals surface area contributed by atoms with Gasteiger partial charge in [-0.3, -0.25) is 14.5 Å². The average molecular weight is 594 g/mol. The number of hydrogen-bond donors (Lipinski definition) is 0. The highest BCUT2D eigenvalue weighted by molar-refractivity contribution is 8.18. The fraction of sp³-hybridized carbons (Fsp3) is 0.214. The molecule has 1 saturated heterocycles. The Morgan fingerprint density at radius 1 is 1.00 bits per heavy atom. The predicted molar refractivity (Wildman–Crippen MR) is 154 cm³/mol. The van der Waals surface area contributed by atoms with Gasteiger partial charge < -0.3 is 9.64 Å². The number of rotatable bonds is 9. The van der Waals surface area contributed by atoms with Crippen LogP contribution in [-0.2, 0) is 17.9 Å². The van der Waals surface area contributed by atoms with E-state index in [4.69, 9.17) is 39.5 Å². The highest BCUT2D eigenvalue weighted by Gasteiger charge is 2.36. The van der Waals surface area contributed by atoms with Crippen LogP contribution >= 0.6 is 46.6 Å². The van der Waals surface area contributed by atoms with Crippen molar-refractivity contribution in [3.8, 4) is 5.75 Å². The third-order valence-electron chi connectivity index (χ3n) is 6.06.